The molecule has 2 aromatic rings. The van der Waals surface area contributed by atoms with Crippen molar-refractivity contribution in [1.29, 1.82) is 0 Å². The van der Waals surface area contributed by atoms with Gasteiger partial charge in [-0.3, -0.25) is 0 Å². The van der Waals surface area contributed by atoms with Gasteiger partial charge in [0, 0.05) is 13.2 Å². The van der Waals surface area contributed by atoms with Gasteiger partial charge in [0.05, 0.1) is 17.9 Å². The predicted octanol–water partition coefficient (Wildman–Crippen LogP) is 3.07. The number of methoxy groups -OCH3 is 1. The molecule has 0 aliphatic rings. The summed E-state index contributed by atoms with van der Waals surface area (Å²) in [7, 11) is 1.67. The van der Waals surface area contributed by atoms with Crippen LogP contribution in [-0.4, -0.2) is 29.8 Å². The molecule has 110 valence electrons. The van der Waals surface area contributed by atoms with Crippen LogP contribution in [0.15, 0.2) is 36.4 Å². The number of hydrogen-bond donors (Lipinski definition) is 1. The number of carbonyl (C=O) groups is 1. The smallest absolute Gasteiger partial charge is 0.337 e. The third kappa shape index (κ3) is 4.03. The average Bonchev–Trinajstić information content (AvgIpc) is 2.46. The molecule has 0 saturated heterocycles. The Morgan fingerprint density at radius 2 is 1.90 bits per heavy atom. The van der Waals surface area contributed by atoms with Crippen molar-refractivity contribution >= 4 is 5.97 Å². The van der Waals surface area contributed by atoms with E-state index in [1.807, 2.05) is 24.3 Å². The van der Waals surface area contributed by atoms with E-state index in [9.17, 15) is 4.79 Å². The zero-order valence-corrected chi connectivity index (χ0v) is 12.0. The summed E-state index contributed by atoms with van der Waals surface area (Å²) in [5.41, 5.74) is 1.77. The van der Waals surface area contributed by atoms with Crippen LogP contribution in [0.3, 0.4) is 0 Å². The zero-order chi connectivity index (χ0) is 15.2. The van der Waals surface area contributed by atoms with Crippen molar-refractivity contribution in [3.63, 3.8) is 0 Å². The van der Waals surface area contributed by atoms with E-state index in [-0.39, 0.29) is 5.56 Å². The number of ether oxygens (including phenoxy) is 2. The molecule has 0 atom stereocenters. The number of aryl methyl sites for hydroxylation is 1. The number of rotatable bonds is 6. The van der Waals surface area contributed by atoms with E-state index in [2.05, 4.69) is 4.98 Å². The van der Waals surface area contributed by atoms with Crippen LogP contribution in [0.25, 0.3) is 0 Å². The summed E-state index contributed by atoms with van der Waals surface area (Å²) >= 11 is 0. The molecule has 21 heavy (non-hydrogen) atoms. The van der Waals surface area contributed by atoms with Gasteiger partial charge in [-0.15, -0.1) is 0 Å². The van der Waals surface area contributed by atoms with Gasteiger partial charge in [0.15, 0.2) is 0 Å². The first kappa shape index (κ1) is 15.0. The minimum absolute atomic E-state index is 0.178. The largest absolute Gasteiger partial charge is 0.478 e. The fourth-order valence-electron chi connectivity index (χ4n) is 1.89. The Morgan fingerprint density at radius 1 is 1.19 bits per heavy atom. The summed E-state index contributed by atoms with van der Waals surface area (Å²) in [4.78, 5) is 15.1. The number of aromatic carboxylic acids is 1. The van der Waals surface area contributed by atoms with Crippen molar-refractivity contribution in [1.82, 2.24) is 4.98 Å². The minimum atomic E-state index is -0.992. The molecule has 0 aliphatic carbocycles. The molecule has 0 unspecified atom stereocenters. The molecule has 0 bridgehead atoms. The predicted molar refractivity (Wildman–Crippen MR) is 78.0 cm³/mol. The molecule has 2 rings (SSSR count). The van der Waals surface area contributed by atoms with Crippen molar-refractivity contribution in [2.75, 3.05) is 13.7 Å². The molecule has 1 aromatic heterocycles. The second-order valence-corrected chi connectivity index (χ2v) is 4.58. The van der Waals surface area contributed by atoms with Gasteiger partial charge in [0.25, 0.3) is 0 Å². The van der Waals surface area contributed by atoms with Crippen molar-refractivity contribution < 1.29 is 19.4 Å². The lowest BCUT2D eigenvalue weighted by Crippen LogP contribution is -2.02. The maximum absolute atomic E-state index is 10.9. The van der Waals surface area contributed by atoms with Crippen LogP contribution >= 0.6 is 0 Å². The normalized spacial score (nSPS) is 10.4. The van der Waals surface area contributed by atoms with E-state index in [0.717, 1.165) is 12.0 Å². The lowest BCUT2D eigenvalue weighted by Gasteiger charge is -2.08. The van der Waals surface area contributed by atoms with Crippen LogP contribution in [0.4, 0.5) is 0 Å². The number of carboxylic acids is 1. The fraction of sp³-hybridized carbons (Fsp3) is 0.250. The van der Waals surface area contributed by atoms with Gasteiger partial charge in [-0.1, -0.05) is 12.1 Å². The van der Waals surface area contributed by atoms with Gasteiger partial charge in [-0.2, -0.15) is 0 Å². The van der Waals surface area contributed by atoms with Crippen LogP contribution < -0.4 is 4.74 Å². The van der Waals surface area contributed by atoms with Gasteiger partial charge in [0.2, 0.25) is 5.88 Å². The molecule has 0 amide bonds. The van der Waals surface area contributed by atoms with Crippen molar-refractivity contribution in [3.8, 4) is 11.6 Å². The van der Waals surface area contributed by atoms with E-state index in [1.54, 1.807) is 20.1 Å². The Labute approximate surface area is 123 Å². The number of hydrogen-bond acceptors (Lipinski definition) is 4. The first-order chi connectivity index (χ1) is 10.1. The summed E-state index contributed by atoms with van der Waals surface area (Å²) in [6.45, 7) is 2.32. The monoisotopic (exact) mass is 287 g/mol. The topological polar surface area (TPSA) is 68.7 Å². The number of aromatic nitrogens is 1. The quantitative estimate of drug-likeness (QED) is 0.884. The highest BCUT2D eigenvalue weighted by molar-refractivity contribution is 5.88. The Hall–Kier alpha value is -2.40. The van der Waals surface area contributed by atoms with Crippen LogP contribution in [-0.2, 0) is 11.2 Å². The second-order valence-electron chi connectivity index (χ2n) is 4.58. The Bertz CT molecular complexity index is 623. The summed E-state index contributed by atoms with van der Waals surface area (Å²) < 4.78 is 10.6. The van der Waals surface area contributed by atoms with Crippen LogP contribution in [0, 0.1) is 6.92 Å². The van der Waals surface area contributed by atoms with Crippen LogP contribution in [0.5, 0.6) is 11.6 Å². The van der Waals surface area contributed by atoms with Crippen molar-refractivity contribution in [3.05, 3.63) is 53.2 Å². The Kier molecular flexibility index (Phi) is 4.90. The van der Waals surface area contributed by atoms with Gasteiger partial charge >= 0.3 is 5.97 Å². The van der Waals surface area contributed by atoms with E-state index in [1.165, 1.54) is 6.07 Å². The Morgan fingerprint density at radius 3 is 2.48 bits per heavy atom. The van der Waals surface area contributed by atoms with Gasteiger partial charge < -0.3 is 14.6 Å². The molecule has 1 heterocycles. The minimum Gasteiger partial charge on any atom is -0.478 e. The van der Waals surface area contributed by atoms with Gasteiger partial charge in [0.1, 0.15) is 5.75 Å². The molecule has 1 N–H and O–H groups in total. The average molecular weight is 287 g/mol. The maximum atomic E-state index is 10.9. The molecule has 0 fully saturated rings. The maximum Gasteiger partial charge on any atom is 0.337 e. The fourth-order valence-corrected chi connectivity index (χ4v) is 1.89. The van der Waals surface area contributed by atoms with Crippen LogP contribution in [0.2, 0.25) is 0 Å². The zero-order valence-electron chi connectivity index (χ0n) is 12.0. The summed E-state index contributed by atoms with van der Waals surface area (Å²) in [6.07, 6.45) is 0.849. The second kappa shape index (κ2) is 6.85. The SMILES string of the molecule is COCCc1ccc(Oc2ccc(C(=O)O)c(C)n2)cc1. The highest BCUT2D eigenvalue weighted by atomic mass is 16.5. The van der Waals surface area contributed by atoms with Gasteiger partial charge in [-0.25, -0.2) is 9.78 Å². The van der Waals surface area contributed by atoms with E-state index in [4.69, 9.17) is 14.6 Å². The lowest BCUT2D eigenvalue weighted by atomic mass is 10.1. The molecule has 0 aliphatic heterocycles. The molecule has 0 spiro atoms. The summed E-state index contributed by atoms with van der Waals surface area (Å²) in [5, 5.41) is 8.96. The molecular weight excluding hydrogens is 270 g/mol. The van der Waals surface area contributed by atoms with Crippen molar-refractivity contribution in [2.24, 2.45) is 0 Å². The highest BCUT2D eigenvalue weighted by Crippen LogP contribution is 2.21. The lowest BCUT2D eigenvalue weighted by molar-refractivity contribution is 0.0695. The number of nitrogens with zero attached hydrogens (tertiary/aromatic N) is 1. The standard InChI is InChI=1S/C16H17NO4/c1-11-14(16(18)19)7-8-15(17-11)21-13-5-3-12(4-6-13)9-10-20-2/h3-8H,9-10H2,1-2H3,(H,18,19). The van der Waals surface area contributed by atoms with E-state index in [0.29, 0.717) is 23.9 Å². The highest BCUT2D eigenvalue weighted by Gasteiger charge is 2.09. The number of carboxylic acid groups (broad SMARTS) is 1. The molecule has 5 heteroatoms. The van der Waals surface area contributed by atoms with Gasteiger partial charge in [-0.05, 0) is 37.1 Å². The van der Waals surface area contributed by atoms with E-state index < -0.39 is 5.97 Å². The number of pyridine rings is 1. The molecular formula is C16H17NO4. The molecule has 1 aromatic carbocycles. The summed E-state index contributed by atoms with van der Waals surface area (Å²) in [6, 6.07) is 10.7. The molecule has 0 saturated carbocycles. The number of benzene rings is 1. The first-order valence-electron chi connectivity index (χ1n) is 6.57. The molecule has 0 radical (unpaired) electrons. The first-order valence-corrected chi connectivity index (χ1v) is 6.57. The molecule has 5 nitrogen and oxygen atoms in total. The third-order valence-electron chi connectivity index (χ3n) is 3.03. The Balaban J connectivity index is 2.07. The van der Waals surface area contributed by atoms with Crippen molar-refractivity contribution in [2.45, 2.75) is 13.3 Å². The van der Waals surface area contributed by atoms with Crippen LogP contribution in [0.1, 0.15) is 21.6 Å². The third-order valence-corrected chi connectivity index (χ3v) is 3.03. The van der Waals surface area contributed by atoms with E-state index >= 15 is 0 Å². The summed E-state index contributed by atoms with van der Waals surface area (Å²) in [5.74, 6) is 0.0438.